The molecular weight excluding hydrogens is 292 g/mol. The Hall–Kier alpha value is -2.47. The zero-order valence-corrected chi connectivity index (χ0v) is 13.6. The first kappa shape index (κ1) is 15.4. The minimum atomic E-state index is 0.589. The van der Waals surface area contributed by atoms with E-state index in [0.29, 0.717) is 24.7 Å². The van der Waals surface area contributed by atoms with Gasteiger partial charge in [0.2, 0.25) is 5.89 Å². The summed E-state index contributed by atoms with van der Waals surface area (Å²) < 4.78 is 10.5. The second kappa shape index (κ2) is 6.75. The normalized spacial score (nSPS) is 11.3. The Labute approximate surface area is 135 Å². The van der Waals surface area contributed by atoms with Crippen molar-refractivity contribution in [2.24, 2.45) is 0 Å². The third kappa shape index (κ3) is 3.84. The first-order valence-corrected chi connectivity index (χ1v) is 7.57. The van der Waals surface area contributed by atoms with Gasteiger partial charge in [-0.1, -0.05) is 40.6 Å². The van der Waals surface area contributed by atoms with Crippen molar-refractivity contribution in [1.82, 2.24) is 20.2 Å². The largest absolute Gasteiger partial charge is 0.361 e. The average molecular weight is 312 g/mol. The van der Waals surface area contributed by atoms with Gasteiger partial charge >= 0.3 is 0 Å². The number of rotatable bonds is 6. The highest BCUT2D eigenvalue weighted by molar-refractivity contribution is 5.20. The molecule has 0 unspecified atom stereocenters. The van der Waals surface area contributed by atoms with Crippen molar-refractivity contribution < 1.29 is 9.05 Å². The lowest BCUT2D eigenvalue weighted by Gasteiger charge is -2.13. The number of hydrogen-bond acceptors (Lipinski definition) is 6. The number of nitrogens with zero attached hydrogens (tertiary/aromatic N) is 4. The molecule has 3 rings (SSSR count). The molecular formula is C17H20N4O2. The van der Waals surface area contributed by atoms with Crippen LogP contribution in [0.15, 0.2) is 39.4 Å². The van der Waals surface area contributed by atoms with E-state index in [9.17, 15) is 0 Å². The standard InChI is InChI=1S/C17H20N4O2/c1-12-15(13(2)22-19-12)10-21(3)11-17-18-16(20-23-17)9-14-7-5-4-6-8-14/h4-8H,9-11H2,1-3H3. The van der Waals surface area contributed by atoms with Crippen molar-refractivity contribution in [3.05, 3.63) is 64.6 Å². The molecule has 0 aliphatic rings. The molecule has 2 heterocycles. The van der Waals surface area contributed by atoms with Crippen molar-refractivity contribution in [1.29, 1.82) is 0 Å². The summed E-state index contributed by atoms with van der Waals surface area (Å²) in [5.41, 5.74) is 3.20. The zero-order chi connectivity index (χ0) is 16.2. The molecule has 0 aliphatic carbocycles. The van der Waals surface area contributed by atoms with Crippen LogP contribution in [0.1, 0.15) is 34.3 Å². The van der Waals surface area contributed by atoms with Gasteiger partial charge in [0.1, 0.15) is 5.76 Å². The Kier molecular flexibility index (Phi) is 4.52. The Morgan fingerprint density at radius 1 is 1.00 bits per heavy atom. The molecule has 0 saturated heterocycles. The molecule has 0 N–H and O–H groups in total. The van der Waals surface area contributed by atoms with E-state index in [1.54, 1.807) is 0 Å². The van der Waals surface area contributed by atoms with Crippen molar-refractivity contribution in [3.63, 3.8) is 0 Å². The molecule has 23 heavy (non-hydrogen) atoms. The lowest BCUT2D eigenvalue weighted by atomic mass is 10.1. The fourth-order valence-corrected chi connectivity index (χ4v) is 2.49. The van der Waals surface area contributed by atoms with Crippen LogP contribution in [0.3, 0.4) is 0 Å². The van der Waals surface area contributed by atoms with Crippen LogP contribution < -0.4 is 0 Å². The Bertz CT molecular complexity index is 745. The van der Waals surface area contributed by atoms with Crippen LogP contribution in [0.4, 0.5) is 0 Å². The van der Waals surface area contributed by atoms with Gasteiger partial charge in [0.05, 0.1) is 12.2 Å². The maximum atomic E-state index is 5.35. The monoisotopic (exact) mass is 312 g/mol. The summed E-state index contributed by atoms with van der Waals surface area (Å²) in [6.07, 6.45) is 0.678. The fourth-order valence-electron chi connectivity index (χ4n) is 2.49. The van der Waals surface area contributed by atoms with Crippen LogP contribution in [-0.2, 0) is 19.5 Å². The first-order valence-electron chi connectivity index (χ1n) is 7.57. The Balaban J connectivity index is 1.60. The van der Waals surface area contributed by atoms with E-state index in [1.807, 2.05) is 39.1 Å². The first-order chi connectivity index (χ1) is 11.1. The van der Waals surface area contributed by atoms with Gasteiger partial charge in [0, 0.05) is 18.5 Å². The maximum absolute atomic E-state index is 5.35. The number of aryl methyl sites for hydroxylation is 2. The second-order valence-corrected chi connectivity index (χ2v) is 5.74. The highest BCUT2D eigenvalue weighted by Crippen LogP contribution is 2.15. The van der Waals surface area contributed by atoms with Crippen LogP contribution in [0.25, 0.3) is 0 Å². The maximum Gasteiger partial charge on any atom is 0.240 e. The van der Waals surface area contributed by atoms with Crippen LogP contribution in [0, 0.1) is 13.8 Å². The second-order valence-electron chi connectivity index (χ2n) is 5.74. The fraction of sp³-hybridized carbons (Fsp3) is 0.353. The summed E-state index contributed by atoms with van der Waals surface area (Å²) in [5.74, 6) is 2.17. The average Bonchev–Trinajstić information content (AvgIpc) is 3.09. The van der Waals surface area contributed by atoms with E-state index in [1.165, 1.54) is 5.56 Å². The summed E-state index contributed by atoms with van der Waals surface area (Å²) >= 11 is 0. The van der Waals surface area contributed by atoms with E-state index < -0.39 is 0 Å². The Morgan fingerprint density at radius 2 is 1.78 bits per heavy atom. The highest BCUT2D eigenvalue weighted by atomic mass is 16.5. The molecule has 1 aromatic carbocycles. The summed E-state index contributed by atoms with van der Waals surface area (Å²) in [6.45, 7) is 5.20. The summed E-state index contributed by atoms with van der Waals surface area (Å²) in [5, 5.41) is 8.03. The number of benzene rings is 1. The molecule has 0 amide bonds. The lowest BCUT2D eigenvalue weighted by Crippen LogP contribution is -2.18. The topological polar surface area (TPSA) is 68.2 Å². The molecule has 0 saturated carbocycles. The van der Waals surface area contributed by atoms with E-state index in [4.69, 9.17) is 9.05 Å². The van der Waals surface area contributed by atoms with Crippen molar-refractivity contribution in [2.45, 2.75) is 33.4 Å². The summed E-state index contributed by atoms with van der Waals surface area (Å²) in [7, 11) is 2.01. The molecule has 0 spiro atoms. The molecule has 0 atom stereocenters. The van der Waals surface area contributed by atoms with Gasteiger partial charge in [-0.15, -0.1) is 0 Å². The lowest BCUT2D eigenvalue weighted by molar-refractivity contribution is 0.258. The van der Waals surface area contributed by atoms with Crippen LogP contribution in [0.2, 0.25) is 0 Å². The van der Waals surface area contributed by atoms with Gasteiger partial charge in [0.25, 0.3) is 0 Å². The molecule has 0 aliphatic heterocycles. The summed E-state index contributed by atoms with van der Waals surface area (Å²) in [6, 6.07) is 10.1. The minimum absolute atomic E-state index is 0.589. The van der Waals surface area contributed by atoms with E-state index in [2.05, 4.69) is 32.3 Å². The van der Waals surface area contributed by atoms with Gasteiger partial charge in [0.15, 0.2) is 5.82 Å². The summed E-state index contributed by atoms with van der Waals surface area (Å²) in [4.78, 5) is 6.56. The quantitative estimate of drug-likeness (QED) is 0.697. The van der Waals surface area contributed by atoms with Crippen molar-refractivity contribution >= 4 is 0 Å². The van der Waals surface area contributed by atoms with E-state index in [-0.39, 0.29) is 0 Å². The Morgan fingerprint density at radius 3 is 2.48 bits per heavy atom. The highest BCUT2D eigenvalue weighted by Gasteiger charge is 2.14. The van der Waals surface area contributed by atoms with E-state index in [0.717, 1.165) is 23.6 Å². The van der Waals surface area contributed by atoms with E-state index >= 15 is 0 Å². The third-order valence-electron chi connectivity index (χ3n) is 3.73. The van der Waals surface area contributed by atoms with Crippen molar-refractivity contribution in [3.8, 4) is 0 Å². The van der Waals surface area contributed by atoms with Crippen LogP contribution in [-0.4, -0.2) is 27.2 Å². The predicted molar refractivity (Wildman–Crippen MR) is 84.7 cm³/mol. The minimum Gasteiger partial charge on any atom is -0.361 e. The third-order valence-corrected chi connectivity index (χ3v) is 3.73. The van der Waals surface area contributed by atoms with Gasteiger partial charge in [-0.05, 0) is 26.5 Å². The zero-order valence-electron chi connectivity index (χ0n) is 13.6. The van der Waals surface area contributed by atoms with Crippen molar-refractivity contribution in [2.75, 3.05) is 7.05 Å². The van der Waals surface area contributed by atoms with Crippen LogP contribution in [0.5, 0.6) is 0 Å². The van der Waals surface area contributed by atoms with Gasteiger partial charge in [-0.3, -0.25) is 4.90 Å². The number of hydrogen-bond donors (Lipinski definition) is 0. The van der Waals surface area contributed by atoms with Gasteiger partial charge in [-0.25, -0.2) is 0 Å². The molecule has 0 bridgehead atoms. The molecule has 3 aromatic rings. The molecule has 0 fully saturated rings. The number of aromatic nitrogens is 3. The molecule has 0 radical (unpaired) electrons. The SMILES string of the molecule is Cc1noc(C)c1CN(C)Cc1nc(Cc2ccccc2)no1. The predicted octanol–water partition coefficient (Wildman–Crippen LogP) is 2.90. The van der Waals surface area contributed by atoms with Crippen LogP contribution >= 0.6 is 0 Å². The molecule has 6 heteroatoms. The van der Waals surface area contributed by atoms with Gasteiger partial charge < -0.3 is 9.05 Å². The van der Waals surface area contributed by atoms with Gasteiger partial charge in [-0.2, -0.15) is 4.98 Å². The smallest absolute Gasteiger partial charge is 0.240 e. The molecule has 6 nitrogen and oxygen atoms in total. The molecule has 2 aromatic heterocycles. The molecule has 120 valence electrons.